The highest BCUT2D eigenvalue weighted by Gasteiger charge is 2.36. The van der Waals surface area contributed by atoms with Gasteiger partial charge in [0, 0.05) is 0 Å². The Kier molecular flexibility index (Phi) is 4.09. The third kappa shape index (κ3) is 3.46. The number of tetrazole rings is 1. The minimum atomic E-state index is -4.93. The molecule has 0 spiro atoms. The maximum Gasteiger partial charge on any atom is 0.416 e. The molecule has 0 aliphatic heterocycles. The van der Waals surface area contributed by atoms with Gasteiger partial charge in [0.15, 0.2) is 0 Å². The van der Waals surface area contributed by atoms with Crippen molar-refractivity contribution in [1.82, 2.24) is 20.2 Å². The summed E-state index contributed by atoms with van der Waals surface area (Å²) in [5.41, 5.74) is -3.35. The van der Waals surface area contributed by atoms with Gasteiger partial charge in [0.2, 0.25) is 0 Å². The molecule has 0 saturated heterocycles. The van der Waals surface area contributed by atoms with E-state index < -0.39 is 29.2 Å². The Hall–Kier alpha value is -3.11. The topological polar surface area (TPSA) is 63.6 Å². The molecule has 0 radical (unpaired) electrons. The smallest absolute Gasteiger partial charge is 0.244 e. The summed E-state index contributed by atoms with van der Waals surface area (Å²) in [7, 11) is 0. The van der Waals surface area contributed by atoms with Crippen LogP contribution >= 0.6 is 0 Å². The van der Waals surface area contributed by atoms with E-state index in [1.807, 2.05) is 0 Å². The third-order valence-electron chi connectivity index (χ3n) is 3.51. The summed E-state index contributed by atoms with van der Waals surface area (Å²) in [6.07, 6.45) is -9.85. The van der Waals surface area contributed by atoms with E-state index in [4.69, 9.17) is 0 Å². The Labute approximate surface area is 140 Å². The largest absolute Gasteiger partial charge is 0.416 e. The highest BCUT2D eigenvalue weighted by atomic mass is 19.4. The third-order valence-corrected chi connectivity index (χ3v) is 3.51. The molecule has 0 saturated carbocycles. The molecular formula is C15H8F6N4O. The van der Waals surface area contributed by atoms with Crippen LogP contribution in [-0.4, -0.2) is 20.2 Å². The summed E-state index contributed by atoms with van der Waals surface area (Å²) < 4.78 is 78.4. The second-order valence-corrected chi connectivity index (χ2v) is 5.26. The van der Waals surface area contributed by atoms with Gasteiger partial charge in [0.05, 0.1) is 16.8 Å². The van der Waals surface area contributed by atoms with Crippen LogP contribution in [0.2, 0.25) is 0 Å². The number of nitrogens with zero attached hydrogens (tertiary/aromatic N) is 3. The van der Waals surface area contributed by atoms with Gasteiger partial charge < -0.3 is 0 Å². The van der Waals surface area contributed by atoms with Crippen LogP contribution in [-0.2, 0) is 12.4 Å². The standard InChI is InChI=1S/C15H8F6N4O/c16-14(17,18)10-5-9(6-11(7-10)15(19,20)21)8-1-3-12(4-2-8)25-13(26)22-23-24-25/h1-7H,(H,22,24,26). The lowest BCUT2D eigenvalue weighted by Crippen LogP contribution is -2.15. The normalized spacial score (nSPS) is 12.4. The molecule has 136 valence electrons. The summed E-state index contributed by atoms with van der Waals surface area (Å²) in [5.74, 6) is 0. The van der Waals surface area contributed by atoms with Gasteiger partial charge in [0.25, 0.3) is 0 Å². The van der Waals surface area contributed by atoms with Crippen molar-refractivity contribution < 1.29 is 26.3 Å². The molecule has 0 bridgehead atoms. The highest BCUT2D eigenvalue weighted by Crippen LogP contribution is 2.38. The zero-order valence-electron chi connectivity index (χ0n) is 12.6. The molecule has 11 heteroatoms. The fourth-order valence-corrected chi connectivity index (χ4v) is 2.28. The second-order valence-electron chi connectivity index (χ2n) is 5.26. The molecule has 26 heavy (non-hydrogen) atoms. The van der Waals surface area contributed by atoms with Crippen LogP contribution in [0.5, 0.6) is 0 Å². The number of hydrogen-bond acceptors (Lipinski definition) is 3. The predicted molar refractivity (Wildman–Crippen MR) is 77.4 cm³/mol. The van der Waals surface area contributed by atoms with Crippen molar-refractivity contribution in [3.8, 4) is 16.8 Å². The maximum atomic E-state index is 12.9. The Balaban J connectivity index is 2.08. The molecule has 0 atom stereocenters. The lowest BCUT2D eigenvalue weighted by atomic mass is 9.99. The van der Waals surface area contributed by atoms with Gasteiger partial charge in [0.1, 0.15) is 0 Å². The summed E-state index contributed by atoms with van der Waals surface area (Å²) in [4.78, 5) is 11.4. The van der Waals surface area contributed by atoms with Crippen LogP contribution < -0.4 is 5.69 Å². The van der Waals surface area contributed by atoms with Crippen molar-refractivity contribution in [2.24, 2.45) is 0 Å². The quantitative estimate of drug-likeness (QED) is 0.697. The number of nitrogens with one attached hydrogen (secondary N) is 1. The number of halogens is 6. The number of aromatic nitrogens is 4. The van der Waals surface area contributed by atoms with Gasteiger partial charge >= 0.3 is 18.0 Å². The van der Waals surface area contributed by atoms with Gasteiger partial charge in [-0.2, -0.15) is 31.0 Å². The first-order valence-electron chi connectivity index (χ1n) is 6.96. The molecule has 5 nitrogen and oxygen atoms in total. The molecule has 3 rings (SSSR count). The molecule has 1 aromatic heterocycles. The molecule has 0 aliphatic carbocycles. The average molecular weight is 374 g/mol. The zero-order chi connectivity index (χ0) is 19.1. The number of alkyl halides is 6. The van der Waals surface area contributed by atoms with Crippen molar-refractivity contribution >= 4 is 0 Å². The van der Waals surface area contributed by atoms with Gasteiger partial charge in [-0.1, -0.05) is 12.1 Å². The molecule has 0 unspecified atom stereocenters. The molecular weight excluding hydrogens is 366 g/mol. The van der Waals surface area contributed by atoms with E-state index in [2.05, 4.69) is 15.5 Å². The minimum Gasteiger partial charge on any atom is -0.244 e. The van der Waals surface area contributed by atoms with Crippen LogP contribution in [0.3, 0.4) is 0 Å². The maximum absolute atomic E-state index is 12.9. The molecule has 3 aromatic rings. The zero-order valence-corrected chi connectivity index (χ0v) is 12.6. The highest BCUT2D eigenvalue weighted by molar-refractivity contribution is 5.66. The van der Waals surface area contributed by atoms with E-state index in [1.165, 1.54) is 24.3 Å². The van der Waals surface area contributed by atoms with Crippen LogP contribution in [0.1, 0.15) is 11.1 Å². The Morgan fingerprint density at radius 1 is 0.808 bits per heavy atom. The van der Waals surface area contributed by atoms with Crippen molar-refractivity contribution in [2.45, 2.75) is 12.4 Å². The Morgan fingerprint density at radius 2 is 1.35 bits per heavy atom. The van der Waals surface area contributed by atoms with Crippen molar-refractivity contribution in [2.75, 3.05) is 0 Å². The lowest BCUT2D eigenvalue weighted by Gasteiger charge is -2.14. The fraction of sp³-hybridized carbons (Fsp3) is 0.133. The summed E-state index contributed by atoms with van der Waals surface area (Å²) in [6.45, 7) is 0. The van der Waals surface area contributed by atoms with Crippen molar-refractivity contribution in [1.29, 1.82) is 0 Å². The van der Waals surface area contributed by atoms with Gasteiger partial charge in [-0.3, -0.25) is 0 Å². The van der Waals surface area contributed by atoms with Gasteiger partial charge in [-0.25, -0.2) is 9.89 Å². The van der Waals surface area contributed by atoms with Crippen LogP contribution in [0, 0.1) is 0 Å². The molecule has 1 N–H and O–H groups in total. The molecule has 1 heterocycles. The summed E-state index contributed by atoms with van der Waals surface area (Å²) >= 11 is 0. The number of rotatable bonds is 2. The first-order chi connectivity index (χ1) is 12.1. The SMILES string of the molecule is O=c1[nH]nnn1-c1ccc(-c2cc(C(F)(F)F)cc(C(F)(F)F)c2)cc1. The average Bonchev–Trinajstić information content (AvgIpc) is 2.99. The minimum absolute atomic E-state index is 0.0623. The van der Waals surface area contributed by atoms with E-state index >= 15 is 0 Å². The number of hydrogen-bond donors (Lipinski definition) is 1. The molecule has 0 aliphatic rings. The van der Waals surface area contributed by atoms with E-state index in [0.717, 1.165) is 4.68 Å². The van der Waals surface area contributed by atoms with Crippen molar-refractivity contribution in [3.63, 3.8) is 0 Å². The molecule has 2 aromatic carbocycles. The molecule has 0 amide bonds. The van der Waals surface area contributed by atoms with Crippen LogP contribution in [0.15, 0.2) is 47.3 Å². The first-order valence-corrected chi connectivity index (χ1v) is 6.96. The van der Waals surface area contributed by atoms with Crippen molar-refractivity contribution in [3.05, 3.63) is 64.1 Å². The van der Waals surface area contributed by atoms with Crippen LogP contribution in [0.4, 0.5) is 26.3 Å². The molecule has 0 fully saturated rings. The van der Waals surface area contributed by atoms with Gasteiger partial charge in [-0.05, 0) is 51.9 Å². The number of H-pyrrole nitrogens is 1. The van der Waals surface area contributed by atoms with E-state index in [-0.39, 0.29) is 22.9 Å². The Morgan fingerprint density at radius 3 is 1.77 bits per heavy atom. The number of benzene rings is 2. The van der Waals surface area contributed by atoms with E-state index in [9.17, 15) is 31.1 Å². The van der Waals surface area contributed by atoms with Gasteiger partial charge in [-0.15, -0.1) is 0 Å². The lowest BCUT2D eigenvalue weighted by molar-refractivity contribution is -0.143. The fourth-order valence-electron chi connectivity index (χ4n) is 2.28. The van der Waals surface area contributed by atoms with E-state index in [1.54, 1.807) is 0 Å². The second kappa shape index (κ2) is 6.00. The predicted octanol–water partition coefficient (Wildman–Crippen LogP) is 3.66. The first kappa shape index (κ1) is 17.7. The summed E-state index contributed by atoms with van der Waals surface area (Å²) in [6, 6.07) is 6.55. The van der Waals surface area contributed by atoms with Crippen LogP contribution in [0.25, 0.3) is 16.8 Å². The monoisotopic (exact) mass is 374 g/mol. The number of aromatic amines is 1. The summed E-state index contributed by atoms with van der Waals surface area (Å²) in [5, 5.41) is 8.82. The van der Waals surface area contributed by atoms with E-state index in [0.29, 0.717) is 12.1 Å². The Bertz CT molecular complexity index is 953.